The average molecular weight is 187 g/mol. The molecule has 2 aromatic heterocycles. The molecule has 72 valence electrons. The lowest BCUT2D eigenvalue weighted by Crippen LogP contribution is -2.08. The van der Waals surface area contributed by atoms with Crippen molar-refractivity contribution in [3.05, 3.63) is 30.1 Å². The fraction of sp³-hybridized carbons (Fsp3) is 0.364. The van der Waals surface area contributed by atoms with Gasteiger partial charge in [-0.15, -0.1) is 0 Å². The third-order valence-electron chi connectivity index (χ3n) is 2.90. The average Bonchev–Trinajstić information content (AvgIpc) is 2.88. The Bertz CT molecular complexity index is 440. The number of fused-ring (bicyclic) bond motifs is 1. The topological polar surface area (TPSA) is 40.7 Å². The molecule has 0 spiro atoms. The Morgan fingerprint density at radius 2 is 2.29 bits per heavy atom. The van der Waals surface area contributed by atoms with Crippen molar-refractivity contribution in [2.75, 3.05) is 13.1 Å². The molecule has 0 aromatic carbocycles. The number of rotatable bonds is 1. The first-order chi connectivity index (χ1) is 6.93. The van der Waals surface area contributed by atoms with Crippen molar-refractivity contribution in [2.45, 2.75) is 12.3 Å². The molecule has 1 fully saturated rings. The van der Waals surface area contributed by atoms with Gasteiger partial charge in [0, 0.05) is 24.4 Å². The van der Waals surface area contributed by atoms with Crippen LogP contribution < -0.4 is 5.32 Å². The normalized spacial score (nSPS) is 21.9. The number of hydrogen-bond acceptors (Lipinski definition) is 2. The summed E-state index contributed by atoms with van der Waals surface area (Å²) in [5.41, 5.74) is 3.43. The fourth-order valence-electron chi connectivity index (χ4n) is 2.08. The highest BCUT2D eigenvalue weighted by Crippen LogP contribution is 2.22. The second-order valence-electron chi connectivity index (χ2n) is 3.84. The molecule has 3 nitrogen and oxygen atoms in total. The number of H-pyrrole nitrogens is 1. The molecule has 3 heteroatoms. The number of hydrogen-bond donors (Lipinski definition) is 2. The van der Waals surface area contributed by atoms with Crippen LogP contribution >= 0.6 is 0 Å². The molecule has 1 aliphatic rings. The largest absolute Gasteiger partial charge is 0.360 e. The van der Waals surface area contributed by atoms with Gasteiger partial charge in [0.2, 0.25) is 0 Å². The van der Waals surface area contributed by atoms with Gasteiger partial charge in [0.05, 0.1) is 11.0 Å². The van der Waals surface area contributed by atoms with Crippen molar-refractivity contribution in [1.82, 2.24) is 15.3 Å². The van der Waals surface area contributed by atoms with Crippen LogP contribution in [0, 0.1) is 0 Å². The van der Waals surface area contributed by atoms with E-state index in [0.717, 1.165) is 24.1 Å². The number of aromatic amines is 1. The summed E-state index contributed by atoms with van der Waals surface area (Å²) in [5, 5.41) is 3.36. The molecular weight excluding hydrogens is 174 g/mol. The van der Waals surface area contributed by atoms with Gasteiger partial charge in [-0.2, -0.15) is 0 Å². The SMILES string of the molecule is c1cc2nc(C3CCNC3)ccc2[nH]1. The van der Waals surface area contributed by atoms with Gasteiger partial charge < -0.3 is 10.3 Å². The monoisotopic (exact) mass is 187 g/mol. The summed E-state index contributed by atoms with van der Waals surface area (Å²) < 4.78 is 0. The van der Waals surface area contributed by atoms with E-state index in [4.69, 9.17) is 0 Å². The van der Waals surface area contributed by atoms with E-state index < -0.39 is 0 Å². The first-order valence-corrected chi connectivity index (χ1v) is 5.08. The molecule has 14 heavy (non-hydrogen) atoms. The van der Waals surface area contributed by atoms with Crippen molar-refractivity contribution in [2.24, 2.45) is 0 Å². The highest BCUT2D eigenvalue weighted by atomic mass is 14.9. The van der Waals surface area contributed by atoms with Crippen LogP contribution in [-0.4, -0.2) is 23.1 Å². The predicted octanol–water partition coefficient (Wildman–Crippen LogP) is 1.64. The van der Waals surface area contributed by atoms with Gasteiger partial charge in [0.1, 0.15) is 0 Å². The lowest BCUT2D eigenvalue weighted by molar-refractivity contribution is 0.739. The Hall–Kier alpha value is -1.35. The van der Waals surface area contributed by atoms with Gasteiger partial charge in [-0.05, 0) is 31.2 Å². The summed E-state index contributed by atoms with van der Waals surface area (Å²) in [6, 6.07) is 6.29. The van der Waals surface area contributed by atoms with Crippen LogP contribution in [0.15, 0.2) is 24.4 Å². The Morgan fingerprint density at radius 1 is 1.29 bits per heavy atom. The van der Waals surface area contributed by atoms with Gasteiger partial charge in [-0.25, -0.2) is 0 Å². The van der Waals surface area contributed by atoms with E-state index in [1.807, 2.05) is 12.3 Å². The van der Waals surface area contributed by atoms with Gasteiger partial charge in [0.15, 0.2) is 0 Å². The maximum absolute atomic E-state index is 4.65. The second kappa shape index (κ2) is 3.10. The van der Waals surface area contributed by atoms with Crippen molar-refractivity contribution in [3.63, 3.8) is 0 Å². The van der Waals surface area contributed by atoms with Crippen LogP contribution in [0.25, 0.3) is 11.0 Å². The maximum Gasteiger partial charge on any atom is 0.0882 e. The lowest BCUT2D eigenvalue weighted by Gasteiger charge is -2.06. The van der Waals surface area contributed by atoms with Crippen LogP contribution in [0.3, 0.4) is 0 Å². The van der Waals surface area contributed by atoms with Crippen molar-refractivity contribution < 1.29 is 0 Å². The van der Waals surface area contributed by atoms with Crippen molar-refractivity contribution >= 4 is 11.0 Å². The molecular formula is C11H13N3. The van der Waals surface area contributed by atoms with E-state index in [-0.39, 0.29) is 0 Å². The minimum atomic E-state index is 0.606. The quantitative estimate of drug-likeness (QED) is 0.712. The minimum absolute atomic E-state index is 0.606. The number of pyridine rings is 1. The molecule has 0 amide bonds. The van der Waals surface area contributed by atoms with E-state index in [1.165, 1.54) is 12.1 Å². The summed E-state index contributed by atoms with van der Waals surface area (Å²) in [6.45, 7) is 2.19. The van der Waals surface area contributed by atoms with E-state index in [0.29, 0.717) is 5.92 Å². The highest BCUT2D eigenvalue weighted by molar-refractivity contribution is 5.74. The molecule has 0 radical (unpaired) electrons. The Balaban J connectivity index is 2.04. The van der Waals surface area contributed by atoms with E-state index in [1.54, 1.807) is 0 Å². The second-order valence-corrected chi connectivity index (χ2v) is 3.84. The van der Waals surface area contributed by atoms with E-state index in [9.17, 15) is 0 Å². The smallest absolute Gasteiger partial charge is 0.0882 e. The zero-order valence-corrected chi connectivity index (χ0v) is 7.96. The van der Waals surface area contributed by atoms with E-state index in [2.05, 4.69) is 27.4 Å². The third kappa shape index (κ3) is 1.21. The zero-order chi connectivity index (χ0) is 9.38. The number of nitrogens with one attached hydrogen (secondary N) is 2. The molecule has 1 saturated heterocycles. The third-order valence-corrected chi connectivity index (χ3v) is 2.90. The van der Waals surface area contributed by atoms with Crippen LogP contribution in [0.1, 0.15) is 18.0 Å². The first-order valence-electron chi connectivity index (χ1n) is 5.08. The summed E-state index contributed by atoms with van der Waals surface area (Å²) >= 11 is 0. The van der Waals surface area contributed by atoms with Gasteiger partial charge in [-0.3, -0.25) is 4.98 Å². The maximum atomic E-state index is 4.65. The Morgan fingerprint density at radius 3 is 3.14 bits per heavy atom. The summed E-state index contributed by atoms with van der Waals surface area (Å²) in [6.07, 6.45) is 3.15. The predicted molar refractivity (Wildman–Crippen MR) is 56.3 cm³/mol. The lowest BCUT2D eigenvalue weighted by atomic mass is 10.0. The van der Waals surface area contributed by atoms with Gasteiger partial charge in [-0.1, -0.05) is 0 Å². The molecule has 0 saturated carbocycles. The van der Waals surface area contributed by atoms with Crippen LogP contribution in [-0.2, 0) is 0 Å². The Labute approximate surface area is 82.5 Å². The molecule has 1 aliphatic heterocycles. The molecule has 0 aliphatic carbocycles. The summed E-state index contributed by atoms with van der Waals surface area (Å²) in [5.74, 6) is 0.606. The molecule has 1 unspecified atom stereocenters. The van der Waals surface area contributed by atoms with Crippen LogP contribution in [0.5, 0.6) is 0 Å². The molecule has 3 heterocycles. The number of nitrogens with zero attached hydrogens (tertiary/aromatic N) is 1. The van der Waals surface area contributed by atoms with Crippen molar-refractivity contribution in [1.29, 1.82) is 0 Å². The van der Waals surface area contributed by atoms with Gasteiger partial charge in [0.25, 0.3) is 0 Å². The molecule has 1 atom stereocenters. The van der Waals surface area contributed by atoms with Crippen LogP contribution in [0.4, 0.5) is 0 Å². The molecule has 0 bridgehead atoms. The van der Waals surface area contributed by atoms with E-state index >= 15 is 0 Å². The zero-order valence-electron chi connectivity index (χ0n) is 7.96. The molecule has 2 N–H and O–H groups in total. The molecule has 3 rings (SSSR count). The van der Waals surface area contributed by atoms with Crippen molar-refractivity contribution in [3.8, 4) is 0 Å². The van der Waals surface area contributed by atoms with Gasteiger partial charge >= 0.3 is 0 Å². The molecule has 2 aromatic rings. The van der Waals surface area contributed by atoms with Crippen LogP contribution in [0.2, 0.25) is 0 Å². The summed E-state index contributed by atoms with van der Waals surface area (Å²) in [7, 11) is 0. The standard InChI is InChI=1S/C11H13N3/c1-2-10-11(4-6-13-10)14-9(1)8-3-5-12-7-8/h1-2,4,6,8,12-13H,3,5,7H2. The first kappa shape index (κ1) is 8.00. The Kier molecular flexibility index (Phi) is 1.77. The minimum Gasteiger partial charge on any atom is -0.360 e. The summed E-state index contributed by atoms with van der Waals surface area (Å²) in [4.78, 5) is 7.81. The fourth-order valence-corrected chi connectivity index (χ4v) is 2.08. The number of aromatic nitrogens is 2. The highest BCUT2D eigenvalue weighted by Gasteiger charge is 2.17.